The number of rotatable bonds is 4. The third-order valence-electron chi connectivity index (χ3n) is 14.2. The Morgan fingerprint density at radius 2 is 1.09 bits per heavy atom. The van der Waals surface area contributed by atoms with Crippen LogP contribution in [-0.2, 0) is 5.41 Å². The minimum atomic E-state index is -0.511. The Morgan fingerprint density at radius 1 is 0.422 bits per heavy atom. The van der Waals surface area contributed by atoms with E-state index in [1.165, 1.54) is 93.9 Å². The fourth-order valence-electron chi connectivity index (χ4n) is 11.6. The standard InChI is InChI=1S/C61H40N2O/c1-37-22-29-56-48(32-37)50-33-38(2)34-54-60(50)63(56)57-30-25-41(35-53(57)61(54)51-18-8-5-15-45(51)46-16-6-9-19-52(46)61)39-23-26-42(27-24-39)62(55-20-11-13-40-12-3-4-14-44(40)55)43-28-31-59-49(36-43)47-17-7-10-21-58(47)64-59/h3-36H,1-2H3. The summed E-state index contributed by atoms with van der Waals surface area (Å²) >= 11 is 0. The highest BCUT2D eigenvalue weighted by Crippen LogP contribution is 2.61. The first-order valence-electron chi connectivity index (χ1n) is 22.2. The summed E-state index contributed by atoms with van der Waals surface area (Å²) in [5.41, 5.74) is 21.2. The van der Waals surface area contributed by atoms with Crippen LogP contribution in [0.25, 0.3) is 82.5 Å². The highest BCUT2D eigenvalue weighted by atomic mass is 16.3. The van der Waals surface area contributed by atoms with Gasteiger partial charge in [0.1, 0.15) is 11.2 Å². The molecule has 14 rings (SSSR count). The quantitative estimate of drug-likeness (QED) is 0.176. The number of aryl methyl sites for hydroxylation is 2. The fraction of sp³-hybridized carbons (Fsp3) is 0.0492. The number of benzene rings is 10. The van der Waals surface area contributed by atoms with Crippen LogP contribution < -0.4 is 4.90 Å². The van der Waals surface area contributed by atoms with Crippen molar-refractivity contribution in [2.24, 2.45) is 0 Å². The van der Waals surface area contributed by atoms with Gasteiger partial charge in [-0.2, -0.15) is 0 Å². The molecule has 3 heteroatoms. The molecule has 0 unspecified atom stereocenters. The van der Waals surface area contributed by atoms with E-state index in [-0.39, 0.29) is 0 Å². The molecule has 0 saturated carbocycles. The van der Waals surface area contributed by atoms with Crippen molar-refractivity contribution in [1.29, 1.82) is 0 Å². The second-order valence-corrected chi connectivity index (χ2v) is 17.8. The van der Waals surface area contributed by atoms with Crippen LogP contribution in [0, 0.1) is 13.8 Å². The Hall–Kier alpha value is -8.14. The van der Waals surface area contributed by atoms with Gasteiger partial charge in [-0.05, 0) is 137 Å². The van der Waals surface area contributed by atoms with Gasteiger partial charge in [-0.1, -0.05) is 145 Å². The monoisotopic (exact) mass is 816 g/mol. The van der Waals surface area contributed by atoms with Crippen LogP contribution in [-0.4, -0.2) is 4.57 Å². The molecule has 300 valence electrons. The number of para-hydroxylation sites is 1. The Bertz CT molecular complexity index is 3890. The van der Waals surface area contributed by atoms with E-state index < -0.39 is 5.41 Å². The van der Waals surface area contributed by atoms with Crippen molar-refractivity contribution in [3.8, 4) is 27.9 Å². The smallest absolute Gasteiger partial charge is 0.135 e. The minimum Gasteiger partial charge on any atom is -0.456 e. The summed E-state index contributed by atoms with van der Waals surface area (Å²) in [7, 11) is 0. The van der Waals surface area contributed by atoms with Crippen LogP contribution in [0.2, 0.25) is 0 Å². The van der Waals surface area contributed by atoms with Gasteiger partial charge in [0.25, 0.3) is 0 Å². The number of aromatic nitrogens is 1. The van der Waals surface area contributed by atoms with Crippen LogP contribution in [0.1, 0.15) is 33.4 Å². The SMILES string of the molecule is Cc1ccc2c(c1)c1cc(C)cc3c1n2-c1ccc(-c2ccc(N(c4ccc5oc6ccccc6c5c4)c4cccc5ccccc45)cc2)cc1C31c2ccccc2-c2ccccc21. The van der Waals surface area contributed by atoms with Crippen molar-refractivity contribution in [2.45, 2.75) is 19.3 Å². The normalized spacial score (nSPS) is 13.3. The van der Waals surface area contributed by atoms with E-state index in [4.69, 9.17) is 4.42 Å². The number of nitrogens with zero attached hydrogens (tertiary/aromatic N) is 2. The van der Waals surface area contributed by atoms with E-state index in [1.54, 1.807) is 0 Å². The van der Waals surface area contributed by atoms with E-state index in [1.807, 2.05) is 12.1 Å². The van der Waals surface area contributed by atoms with Gasteiger partial charge < -0.3 is 13.9 Å². The number of hydrogen-bond acceptors (Lipinski definition) is 2. The molecule has 12 aromatic rings. The van der Waals surface area contributed by atoms with Gasteiger partial charge in [-0.15, -0.1) is 0 Å². The summed E-state index contributed by atoms with van der Waals surface area (Å²) in [6, 6.07) is 76.6. The van der Waals surface area contributed by atoms with Crippen LogP contribution in [0.15, 0.2) is 211 Å². The van der Waals surface area contributed by atoms with Crippen molar-refractivity contribution >= 4 is 71.6 Å². The molecule has 10 aromatic carbocycles. The number of furan rings is 1. The molecule has 0 radical (unpaired) electrons. The summed E-state index contributed by atoms with van der Waals surface area (Å²) in [4.78, 5) is 2.39. The first kappa shape index (κ1) is 35.5. The molecule has 64 heavy (non-hydrogen) atoms. The molecule has 2 aromatic heterocycles. The highest BCUT2D eigenvalue weighted by Gasteiger charge is 2.51. The second-order valence-electron chi connectivity index (χ2n) is 17.8. The van der Waals surface area contributed by atoms with Gasteiger partial charge in [-0.3, -0.25) is 0 Å². The summed E-state index contributed by atoms with van der Waals surface area (Å²) in [6.45, 7) is 4.47. The minimum absolute atomic E-state index is 0.511. The average Bonchev–Trinajstić information content (AvgIpc) is 3.97. The van der Waals surface area contributed by atoms with Crippen LogP contribution in [0.3, 0.4) is 0 Å². The van der Waals surface area contributed by atoms with Gasteiger partial charge in [0.05, 0.1) is 27.8 Å². The predicted octanol–water partition coefficient (Wildman–Crippen LogP) is 16.3. The Balaban J connectivity index is 0.991. The third-order valence-corrected chi connectivity index (χ3v) is 14.2. The molecule has 0 bridgehead atoms. The van der Waals surface area contributed by atoms with Gasteiger partial charge in [0, 0.05) is 38.3 Å². The number of hydrogen-bond donors (Lipinski definition) is 0. The zero-order chi connectivity index (χ0) is 42.3. The molecular weight excluding hydrogens is 777 g/mol. The lowest BCUT2D eigenvalue weighted by Gasteiger charge is -2.40. The molecule has 0 atom stereocenters. The first-order valence-corrected chi connectivity index (χ1v) is 22.2. The second kappa shape index (κ2) is 12.9. The van der Waals surface area contributed by atoms with Gasteiger partial charge in [0.15, 0.2) is 0 Å². The molecule has 1 aliphatic heterocycles. The maximum Gasteiger partial charge on any atom is 0.135 e. The maximum atomic E-state index is 6.29. The van der Waals surface area contributed by atoms with Crippen molar-refractivity contribution in [3.63, 3.8) is 0 Å². The molecule has 3 nitrogen and oxygen atoms in total. The van der Waals surface area contributed by atoms with Gasteiger partial charge in [0.2, 0.25) is 0 Å². The van der Waals surface area contributed by atoms with Gasteiger partial charge >= 0.3 is 0 Å². The lowest BCUT2D eigenvalue weighted by molar-refractivity contribution is 0.669. The first-order chi connectivity index (χ1) is 31.5. The lowest BCUT2D eigenvalue weighted by Crippen LogP contribution is -2.33. The zero-order valence-electron chi connectivity index (χ0n) is 35.4. The molecule has 0 fully saturated rings. The number of fused-ring (bicyclic) bond motifs is 16. The van der Waals surface area contributed by atoms with Crippen LogP contribution in [0.4, 0.5) is 17.1 Å². The number of anilines is 3. The van der Waals surface area contributed by atoms with E-state index in [0.717, 1.165) is 39.0 Å². The Kier molecular flexibility index (Phi) is 7.17. The molecule has 0 amide bonds. The van der Waals surface area contributed by atoms with Crippen LogP contribution in [0.5, 0.6) is 0 Å². The summed E-state index contributed by atoms with van der Waals surface area (Å²) in [6.07, 6.45) is 0. The van der Waals surface area contributed by atoms with Crippen molar-refractivity contribution in [3.05, 3.63) is 240 Å². The molecule has 2 aliphatic rings. The summed E-state index contributed by atoms with van der Waals surface area (Å²) < 4.78 is 8.84. The summed E-state index contributed by atoms with van der Waals surface area (Å²) in [5, 5.41) is 7.24. The van der Waals surface area contributed by atoms with E-state index >= 15 is 0 Å². The Morgan fingerprint density at radius 3 is 1.92 bits per heavy atom. The maximum absolute atomic E-state index is 6.29. The van der Waals surface area contributed by atoms with E-state index in [0.29, 0.717) is 0 Å². The fourth-order valence-corrected chi connectivity index (χ4v) is 11.6. The van der Waals surface area contributed by atoms with Crippen molar-refractivity contribution in [2.75, 3.05) is 4.90 Å². The molecule has 0 saturated heterocycles. The van der Waals surface area contributed by atoms with Gasteiger partial charge in [-0.25, -0.2) is 0 Å². The lowest BCUT2D eigenvalue weighted by atomic mass is 9.65. The van der Waals surface area contributed by atoms with Crippen molar-refractivity contribution in [1.82, 2.24) is 4.57 Å². The molecule has 1 aliphatic carbocycles. The largest absolute Gasteiger partial charge is 0.456 e. The zero-order valence-corrected chi connectivity index (χ0v) is 35.4. The summed E-state index contributed by atoms with van der Waals surface area (Å²) in [5.74, 6) is 0. The highest BCUT2D eigenvalue weighted by molar-refractivity contribution is 6.14. The van der Waals surface area contributed by atoms with Crippen LogP contribution >= 0.6 is 0 Å². The third kappa shape index (κ3) is 4.70. The van der Waals surface area contributed by atoms with E-state index in [9.17, 15) is 0 Å². The molecule has 0 N–H and O–H groups in total. The predicted molar refractivity (Wildman–Crippen MR) is 266 cm³/mol. The van der Waals surface area contributed by atoms with Crippen molar-refractivity contribution < 1.29 is 4.42 Å². The molecular formula is C61H40N2O. The van der Waals surface area contributed by atoms with E-state index in [2.05, 4.69) is 217 Å². The topological polar surface area (TPSA) is 21.3 Å². The Labute approximate surface area is 370 Å². The average molecular weight is 817 g/mol. The molecule has 1 spiro atoms. The molecule has 3 heterocycles.